The highest BCUT2D eigenvalue weighted by Gasteiger charge is 2.33. The summed E-state index contributed by atoms with van der Waals surface area (Å²) in [5.74, 6) is -1.60. The maximum Gasteiger partial charge on any atom is 0.340 e. The van der Waals surface area contributed by atoms with Crippen LogP contribution in [0.2, 0.25) is 0 Å². The number of hydrogen-bond acceptors (Lipinski definition) is 5. The Bertz CT molecular complexity index is 1020. The standard InChI is InChI=1S/C24H25N3O4/c1-17-8-7-9-18(14-17)22(29)26-20-11-4-3-10-19(20)23(30)31-15-21(28)27-24(16-25)12-5-2-6-13-24/h3-4,7-11,14H,2,5-6,12-13,15H2,1H3,(H,26,29)(H,27,28). The molecule has 0 unspecified atom stereocenters. The average Bonchev–Trinajstić information content (AvgIpc) is 2.78. The third-order valence-corrected chi connectivity index (χ3v) is 5.31. The molecular formula is C24H25N3O4. The molecule has 2 amide bonds. The molecule has 0 aromatic heterocycles. The molecule has 0 saturated heterocycles. The molecule has 3 rings (SSSR count). The Morgan fingerprint density at radius 1 is 1.06 bits per heavy atom. The van der Waals surface area contributed by atoms with E-state index in [-0.39, 0.29) is 11.5 Å². The van der Waals surface area contributed by atoms with E-state index in [2.05, 4.69) is 16.7 Å². The first-order valence-corrected chi connectivity index (χ1v) is 10.3. The fraction of sp³-hybridized carbons (Fsp3) is 0.333. The largest absolute Gasteiger partial charge is 0.452 e. The van der Waals surface area contributed by atoms with E-state index in [1.165, 1.54) is 6.07 Å². The lowest BCUT2D eigenvalue weighted by Crippen LogP contribution is -2.50. The maximum absolute atomic E-state index is 12.6. The zero-order valence-electron chi connectivity index (χ0n) is 17.4. The van der Waals surface area contributed by atoms with Crippen LogP contribution in [-0.4, -0.2) is 29.9 Å². The summed E-state index contributed by atoms with van der Waals surface area (Å²) in [6, 6.07) is 15.7. The molecular weight excluding hydrogens is 394 g/mol. The summed E-state index contributed by atoms with van der Waals surface area (Å²) in [6.45, 7) is 1.39. The molecule has 0 spiro atoms. The number of nitrogens with one attached hydrogen (secondary N) is 2. The lowest BCUT2D eigenvalue weighted by molar-refractivity contribution is -0.125. The first kappa shape index (κ1) is 22.0. The van der Waals surface area contributed by atoms with Crippen LogP contribution in [0.15, 0.2) is 48.5 Å². The number of anilines is 1. The van der Waals surface area contributed by atoms with E-state index in [1.54, 1.807) is 36.4 Å². The van der Waals surface area contributed by atoms with Crippen molar-refractivity contribution in [3.05, 3.63) is 65.2 Å². The van der Waals surface area contributed by atoms with Gasteiger partial charge in [-0.25, -0.2) is 4.79 Å². The van der Waals surface area contributed by atoms with Crippen LogP contribution in [0.1, 0.15) is 58.4 Å². The summed E-state index contributed by atoms with van der Waals surface area (Å²) < 4.78 is 5.16. The van der Waals surface area contributed by atoms with Crippen molar-refractivity contribution in [3.8, 4) is 6.07 Å². The lowest BCUT2D eigenvalue weighted by atomic mass is 9.83. The van der Waals surface area contributed by atoms with Crippen LogP contribution in [0.5, 0.6) is 0 Å². The van der Waals surface area contributed by atoms with E-state index in [1.807, 2.05) is 13.0 Å². The third-order valence-electron chi connectivity index (χ3n) is 5.31. The third kappa shape index (κ3) is 5.70. The van der Waals surface area contributed by atoms with Gasteiger partial charge in [-0.05, 0) is 44.0 Å². The summed E-state index contributed by atoms with van der Waals surface area (Å²) in [7, 11) is 0. The maximum atomic E-state index is 12.6. The molecule has 31 heavy (non-hydrogen) atoms. The number of benzene rings is 2. The Balaban J connectivity index is 1.62. The average molecular weight is 419 g/mol. The van der Waals surface area contributed by atoms with Crippen molar-refractivity contribution in [2.45, 2.75) is 44.6 Å². The van der Waals surface area contributed by atoms with Gasteiger partial charge in [-0.1, -0.05) is 49.1 Å². The Hall–Kier alpha value is -3.66. The van der Waals surface area contributed by atoms with Gasteiger partial charge < -0.3 is 15.4 Å². The number of esters is 1. The topological polar surface area (TPSA) is 108 Å². The Morgan fingerprint density at radius 2 is 1.81 bits per heavy atom. The highest BCUT2D eigenvalue weighted by Crippen LogP contribution is 2.27. The Kier molecular flexibility index (Phi) is 7.03. The Morgan fingerprint density at radius 3 is 2.52 bits per heavy atom. The van der Waals surface area contributed by atoms with Crippen LogP contribution in [0, 0.1) is 18.3 Å². The monoisotopic (exact) mass is 419 g/mol. The molecule has 0 radical (unpaired) electrons. The van der Waals surface area contributed by atoms with Crippen LogP contribution >= 0.6 is 0 Å². The first-order chi connectivity index (χ1) is 14.9. The highest BCUT2D eigenvalue weighted by molar-refractivity contribution is 6.08. The normalized spacial score (nSPS) is 14.7. The van der Waals surface area contributed by atoms with Crippen molar-refractivity contribution in [1.29, 1.82) is 5.26 Å². The molecule has 2 aromatic carbocycles. The van der Waals surface area contributed by atoms with Crippen LogP contribution in [-0.2, 0) is 9.53 Å². The van der Waals surface area contributed by atoms with Crippen molar-refractivity contribution in [1.82, 2.24) is 5.32 Å². The summed E-state index contributed by atoms with van der Waals surface area (Å²) in [4.78, 5) is 37.4. The molecule has 1 aliphatic carbocycles. The molecule has 2 aromatic rings. The number of ether oxygens (including phenoxy) is 1. The molecule has 2 N–H and O–H groups in total. The van der Waals surface area contributed by atoms with Gasteiger partial charge in [0, 0.05) is 5.56 Å². The second kappa shape index (κ2) is 9.90. The van der Waals surface area contributed by atoms with E-state index >= 15 is 0 Å². The fourth-order valence-corrected chi connectivity index (χ4v) is 3.68. The zero-order valence-corrected chi connectivity index (χ0v) is 17.4. The number of nitriles is 1. The minimum Gasteiger partial charge on any atom is -0.452 e. The predicted octanol–water partition coefficient (Wildman–Crippen LogP) is 3.75. The fourth-order valence-electron chi connectivity index (χ4n) is 3.68. The van der Waals surface area contributed by atoms with Gasteiger partial charge in [0.05, 0.1) is 17.3 Å². The molecule has 0 bridgehead atoms. The molecule has 160 valence electrons. The van der Waals surface area contributed by atoms with E-state index in [9.17, 15) is 19.6 Å². The number of carbonyl (C=O) groups excluding carboxylic acids is 3. The zero-order chi connectivity index (χ0) is 22.3. The van der Waals surface area contributed by atoms with E-state index in [4.69, 9.17) is 4.74 Å². The number of rotatable bonds is 6. The number of hydrogen-bond donors (Lipinski definition) is 2. The van der Waals surface area contributed by atoms with E-state index in [0.29, 0.717) is 24.1 Å². The molecule has 1 aliphatic rings. The molecule has 0 atom stereocenters. The minimum absolute atomic E-state index is 0.143. The van der Waals surface area contributed by atoms with Crippen LogP contribution < -0.4 is 10.6 Å². The summed E-state index contributed by atoms with van der Waals surface area (Å²) in [6.07, 6.45) is 3.98. The second-order valence-electron chi connectivity index (χ2n) is 7.75. The van der Waals surface area contributed by atoms with Crippen LogP contribution in [0.4, 0.5) is 5.69 Å². The lowest BCUT2D eigenvalue weighted by Gasteiger charge is -2.31. The van der Waals surface area contributed by atoms with Crippen molar-refractivity contribution < 1.29 is 19.1 Å². The van der Waals surface area contributed by atoms with Gasteiger partial charge in [0.15, 0.2) is 6.61 Å². The van der Waals surface area contributed by atoms with Gasteiger partial charge in [0.1, 0.15) is 5.54 Å². The van der Waals surface area contributed by atoms with Gasteiger partial charge in [-0.3, -0.25) is 9.59 Å². The molecule has 0 aliphatic heterocycles. The molecule has 7 nitrogen and oxygen atoms in total. The first-order valence-electron chi connectivity index (χ1n) is 10.3. The second-order valence-corrected chi connectivity index (χ2v) is 7.75. The number of aryl methyl sites for hydroxylation is 1. The van der Waals surface area contributed by atoms with Gasteiger partial charge >= 0.3 is 5.97 Å². The summed E-state index contributed by atoms with van der Waals surface area (Å²) in [5, 5.41) is 14.9. The van der Waals surface area contributed by atoms with Crippen molar-refractivity contribution in [2.75, 3.05) is 11.9 Å². The molecule has 1 fully saturated rings. The number of nitrogens with zero attached hydrogens (tertiary/aromatic N) is 1. The minimum atomic E-state index is -0.887. The van der Waals surface area contributed by atoms with Gasteiger partial charge in [0.25, 0.3) is 11.8 Å². The SMILES string of the molecule is Cc1cccc(C(=O)Nc2ccccc2C(=O)OCC(=O)NC2(C#N)CCCCC2)c1. The number of amides is 2. The number of para-hydroxylation sites is 1. The molecule has 7 heteroatoms. The summed E-state index contributed by atoms with van der Waals surface area (Å²) >= 11 is 0. The van der Waals surface area contributed by atoms with Crippen LogP contribution in [0.3, 0.4) is 0 Å². The van der Waals surface area contributed by atoms with Crippen molar-refractivity contribution in [3.63, 3.8) is 0 Å². The van der Waals surface area contributed by atoms with E-state index < -0.39 is 24.0 Å². The number of carbonyl (C=O) groups is 3. The van der Waals surface area contributed by atoms with Gasteiger partial charge in [0.2, 0.25) is 0 Å². The Labute approximate surface area is 181 Å². The van der Waals surface area contributed by atoms with Crippen molar-refractivity contribution in [2.24, 2.45) is 0 Å². The molecule has 1 saturated carbocycles. The van der Waals surface area contributed by atoms with Gasteiger partial charge in [-0.15, -0.1) is 0 Å². The van der Waals surface area contributed by atoms with Gasteiger partial charge in [-0.2, -0.15) is 5.26 Å². The predicted molar refractivity (Wildman–Crippen MR) is 115 cm³/mol. The smallest absolute Gasteiger partial charge is 0.340 e. The molecule has 0 heterocycles. The quantitative estimate of drug-likeness (QED) is 0.693. The van der Waals surface area contributed by atoms with Crippen LogP contribution in [0.25, 0.3) is 0 Å². The summed E-state index contributed by atoms with van der Waals surface area (Å²) in [5.41, 5.74) is 0.960. The van der Waals surface area contributed by atoms with E-state index in [0.717, 1.165) is 24.8 Å². The highest BCUT2D eigenvalue weighted by atomic mass is 16.5. The van der Waals surface area contributed by atoms with Crippen molar-refractivity contribution >= 4 is 23.5 Å².